The maximum absolute atomic E-state index is 13.1. The lowest BCUT2D eigenvalue weighted by Crippen LogP contribution is -2.38. The van der Waals surface area contributed by atoms with Gasteiger partial charge in [0.15, 0.2) is 0 Å². The summed E-state index contributed by atoms with van der Waals surface area (Å²) in [6.45, 7) is -5.35. The minimum atomic E-state index is -5.35. The summed E-state index contributed by atoms with van der Waals surface area (Å²) in [5, 5.41) is 2.34. The average molecular weight is 232 g/mol. The van der Waals surface area contributed by atoms with Crippen LogP contribution in [-0.4, -0.2) is 12.9 Å². The molecule has 1 aliphatic heterocycles. The standard InChI is InChI=1S/C9H7BF4NO/c11-7-4-8-5(1-2-9(16)15-8)3-6(7)10(12,13)14/h3-4H,1-2H2,(H,15,16)/q-1. The first kappa shape index (κ1) is 11.0. The van der Waals surface area contributed by atoms with E-state index in [4.69, 9.17) is 0 Å². The number of benzene rings is 1. The van der Waals surface area contributed by atoms with E-state index >= 15 is 0 Å². The summed E-state index contributed by atoms with van der Waals surface area (Å²) >= 11 is 0. The van der Waals surface area contributed by atoms with Crippen LogP contribution in [0.1, 0.15) is 12.0 Å². The van der Waals surface area contributed by atoms with E-state index in [1.165, 1.54) is 0 Å². The number of fused-ring (bicyclic) bond motifs is 1. The zero-order valence-electron chi connectivity index (χ0n) is 8.07. The Morgan fingerprint density at radius 2 is 1.88 bits per heavy atom. The van der Waals surface area contributed by atoms with Crippen molar-refractivity contribution in [2.24, 2.45) is 0 Å². The quantitative estimate of drug-likeness (QED) is 0.580. The molecule has 0 bridgehead atoms. The van der Waals surface area contributed by atoms with Crippen LogP contribution < -0.4 is 10.8 Å². The van der Waals surface area contributed by atoms with Crippen molar-refractivity contribution in [1.29, 1.82) is 0 Å². The number of aryl methyl sites for hydroxylation is 1. The largest absolute Gasteiger partial charge is 0.512 e. The molecule has 1 aliphatic rings. The summed E-state index contributed by atoms with van der Waals surface area (Å²) in [5.74, 6) is -1.65. The van der Waals surface area contributed by atoms with Gasteiger partial charge in [0.25, 0.3) is 0 Å². The van der Waals surface area contributed by atoms with Gasteiger partial charge in [0.1, 0.15) is 0 Å². The third-order valence-corrected chi connectivity index (χ3v) is 2.47. The summed E-state index contributed by atoms with van der Waals surface area (Å²) < 4.78 is 50.4. The lowest BCUT2D eigenvalue weighted by atomic mass is 9.78. The van der Waals surface area contributed by atoms with Gasteiger partial charge in [0, 0.05) is 12.1 Å². The SMILES string of the molecule is O=C1CCc2cc([B-](F)(F)F)c(F)cc2N1. The highest BCUT2D eigenvalue weighted by molar-refractivity contribution is 6.73. The second-order valence-electron chi connectivity index (χ2n) is 3.65. The van der Waals surface area contributed by atoms with E-state index in [1.54, 1.807) is 0 Å². The second-order valence-corrected chi connectivity index (χ2v) is 3.65. The molecule has 16 heavy (non-hydrogen) atoms. The molecule has 86 valence electrons. The number of rotatable bonds is 1. The molecular weight excluding hydrogens is 225 g/mol. The fraction of sp³-hybridized carbons (Fsp3) is 0.222. The molecule has 1 heterocycles. The molecule has 7 heteroatoms. The van der Waals surface area contributed by atoms with Crippen LogP contribution in [-0.2, 0) is 11.2 Å². The Hall–Kier alpha value is -1.53. The maximum Gasteiger partial charge on any atom is 0.512 e. The highest BCUT2D eigenvalue weighted by Crippen LogP contribution is 2.24. The molecule has 0 aromatic heterocycles. The average Bonchev–Trinajstić information content (AvgIpc) is 2.14. The third kappa shape index (κ3) is 1.89. The normalized spacial score (nSPS) is 15.6. The molecule has 1 aromatic rings. The van der Waals surface area contributed by atoms with Gasteiger partial charge in [-0.2, -0.15) is 0 Å². The molecule has 0 atom stereocenters. The van der Waals surface area contributed by atoms with Crippen molar-refractivity contribution in [3.05, 3.63) is 23.5 Å². The molecule has 0 aliphatic carbocycles. The number of nitrogens with one attached hydrogen (secondary N) is 1. The van der Waals surface area contributed by atoms with Crippen LogP contribution in [0, 0.1) is 5.82 Å². The van der Waals surface area contributed by atoms with Gasteiger partial charge in [0.05, 0.1) is 5.82 Å². The number of hydrogen-bond donors (Lipinski definition) is 1. The van der Waals surface area contributed by atoms with Gasteiger partial charge >= 0.3 is 6.98 Å². The Bertz CT molecular complexity index is 458. The Kier molecular flexibility index (Phi) is 2.40. The lowest BCUT2D eigenvalue weighted by molar-refractivity contribution is -0.116. The summed E-state index contributed by atoms with van der Waals surface area (Å²) in [6, 6.07) is 1.51. The first-order chi connectivity index (χ1) is 7.38. The minimum absolute atomic E-state index is 0.128. The van der Waals surface area contributed by atoms with Gasteiger partial charge in [0.2, 0.25) is 5.91 Å². The molecule has 0 radical (unpaired) electrons. The number of halogens is 4. The topological polar surface area (TPSA) is 29.1 Å². The van der Waals surface area contributed by atoms with Crippen LogP contribution in [0.25, 0.3) is 0 Å². The number of amides is 1. The van der Waals surface area contributed by atoms with Crippen molar-refractivity contribution in [3.8, 4) is 0 Å². The zero-order chi connectivity index (χ0) is 11.9. The Morgan fingerprint density at radius 1 is 1.19 bits per heavy atom. The number of hydrogen-bond acceptors (Lipinski definition) is 1. The molecule has 1 aromatic carbocycles. The zero-order valence-corrected chi connectivity index (χ0v) is 8.07. The van der Waals surface area contributed by atoms with E-state index < -0.39 is 18.3 Å². The van der Waals surface area contributed by atoms with E-state index in [0.717, 1.165) is 12.1 Å². The molecule has 0 spiro atoms. The van der Waals surface area contributed by atoms with E-state index in [0.29, 0.717) is 5.56 Å². The molecule has 2 nitrogen and oxygen atoms in total. The predicted molar refractivity (Wildman–Crippen MR) is 52.1 cm³/mol. The predicted octanol–water partition coefficient (Wildman–Crippen LogP) is 1.76. The Balaban J connectivity index is 2.50. The molecule has 0 fully saturated rings. The van der Waals surface area contributed by atoms with Crippen molar-refractivity contribution < 1.29 is 22.1 Å². The molecule has 0 saturated heterocycles. The number of anilines is 1. The van der Waals surface area contributed by atoms with Crippen molar-refractivity contribution in [3.63, 3.8) is 0 Å². The van der Waals surface area contributed by atoms with Gasteiger partial charge in [-0.1, -0.05) is 11.5 Å². The Labute approximate surface area is 88.7 Å². The van der Waals surface area contributed by atoms with Crippen LogP contribution in [0.5, 0.6) is 0 Å². The van der Waals surface area contributed by atoms with E-state index in [-0.39, 0.29) is 24.4 Å². The fourth-order valence-electron chi connectivity index (χ4n) is 1.67. The van der Waals surface area contributed by atoms with Gasteiger partial charge in [-0.15, -0.1) is 0 Å². The van der Waals surface area contributed by atoms with Crippen molar-refractivity contribution in [2.75, 3.05) is 5.32 Å². The highest BCUT2D eigenvalue weighted by Gasteiger charge is 2.30. The monoisotopic (exact) mass is 232 g/mol. The fourth-order valence-corrected chi connectivity index (χ4v) is 1.67. The lowest BCUT2D eigenvalue weighted by Gasteiger charge is -2.22. The van der Waals surface area contributed by atoms with Gasteiger partial charge in [-0.25, -0.2) is 4.39 Å². The van der Waals surface area contributed by atoms with Gasteiger partial charge in [-0.05, 0) is 18.1 Å². The molecule has 0 unspecified atom stereocenters. The molecule has 0 saturated carbocycles. The van der Waals surface area contributed by atoms with Gasteiger partial charge in [-0.3, -0.25) is 4.79 Å². The van der Waals surface area contributed by atoms with Crippen LogP contribution >= 0.6 is 0 Å². The van der Waals surface area contributed by atoms with Crippen molar-refractivity contribution in [2.45, 2.75) is 12.8 Å². The van der Waals surface area contributed by atoms with Crippen LogP contribution in [0.4, 0.5) is 23.0 Å². The summed E-state index contributed by atoms with van der Waals surface area (Å²) in [5.41, 5.74) is -0.761. The van der Waals surface area contributed by atoms with Crippen LogP contribution in [0.15, 0.2) is 12.1 Å². The van der Waals surface area contributed by atoms with E-state index in [2.05, 4.69) is 5.32 Å². The first-order valence-corrected chi connectivity index (χ1v) is 4.70. The summed E-state index contributed by atoms with van der Waals surface area (Å²) in [6.07, 6.45) is 0.337. The summed E-state index contributed by atoms with van der Waals surface area (Å²) in [4.78, 5) is 11.0. The van der Waals surface area contributed by atoms with E-state index in [1.807, 2.05) is 0 Å². The Morgan fingerprint density at radius 3 is 2.50 bits per heavy atom. The molecular formula is C9H7BF4NO-. The maximum atomic E-state index is 13.1. The number of carbonyl (C=O) groups is 1. The van der Waals surface area contributed by atoms with Crippen molar-refractivity contribution in [1.82, 2.24) is 0 Å². The highest BCUT2D eigenvalue weighted by atomic mass is 19.4. The van der Waals surface area contributed by atoms with E-state index in [9.17, 15) is 22.1 Å². The van der Waals surface area contributed by atoms with Crippen LogP contribution in [0.3, 0.4) is 0 Å². The smallest absolute Gasteiger partial charge is 0.445 e. The minimum Gasteiger partial charge on any atom is -0.445 e. The number of carbonyl (C=O) groups excluding carboxylic acids is 1. The molecule has 2 rings (SSSR count). The first-order valence-electron chi connectivity index (χ1n) is 4.70. The molecule has 1 N–H and O–H groups in total. The third-order valence-electron chi connectivity index (χ3n) is 2.47. The molecule has 1 amide bonds. The summed E-state index contributed by atoms with van der Waals surface area (Å²) in [7, 11) is 0. The van der Waals surface area contributed by atoms with Gasteiger partial charge < -0.3 is 18.3 Å². The van der Waals surface area contributed by atoms with Crippen molar-refractivity contribution >= 4 is 24.0 Å². The second kappa shape index (κ2) is 3.50. The van der Waals surface area contributed by atoms with Crippen LogP contribution in [0.2, 0.25) is 0 Å².